The molecule has 2 aromatic carbocycles. The number of imidazole rings is 1. The quantitative estimate of drug-likeness (QED) is 0.207. The maximum Gasteiger partial charge on any atom is 0.328 e. The number of carboxylic acid groups (broad SMARTS) is 1. The Labute approximate surface area is 268 Å². The number of ether oxygens (including phenoxy) is 3. The third-order valence-corrected chi connectivity index (χ3v) is 8.37. The number of pyridine rings is 1. The van der Waals surface area contributed by atoms with Crippen molar-refractivity contribution < 1.29 is 37.3 Å². The minimum atomic E-state index is -1.10. The van der Waals surface area contributed by atoms with Crippen molar-refractivity contribution in [1.29, 1.82) is 5.26 Å². The summed E-state index contributed by atoms with van der Waals surface area (Å²) in [6, 6.07) is 11.4. The zero-order valence-electron chi connectivity index (χ0n) is 25.6. The van der Waals surface area contributed by atoms with Crippen molar-refractivity contribution in [2.45, 2.75) is 58.1 Å². The average Bonchev–Trinajstić information content (AvgIpc) is 3.37. The van der Waals surface area contributed by atoms with Crippen molar-refractivity contribution in [3.05, 3.63) is 88.6 Å². The lowest BCUT2D eigenvalue weighted by molar-refractivity contribution is -0.131. The van der Waals surface area contributed by atoms with E-state index in [0.717, 1.165) is 18.6 Å². The number of nitrogens with zero attached hydrogens (tertiary/aromatic N) is 5. The van der Waals surface area contributed by atoms with Crippen molar-refractivity contribution in [3.8, 4) is 17.7 Å². The van der Waals surface area contributed by atoms with Crippen molar-refractivity contribution in [2.24, 2.45) is 0 Å². The largest absolute Gasteiger partial charge is 0.484 e. The van der Waals surface area contributed by atoms with Gasteiger partial charge < -0.3 is 23.9 Å². The number of nitriles is 1. The summed E-state index contributed by atoms with van der Waals surface area (Å²) in [5, 5.41) is 18.1. The molecule has 4 heterocycles. The molecule has 2 aliphatic heterocycles. The van der Waals surface area contributed by atoms with Crippen molar-refractivity contribution >= 4 is 22.6 Å². The van der Waals surface area contributed by atoms with Gasteiger partial charge in [0.25, 0.3) is 0 Å². The van der Waals surface area contributed by atoms with Crippen LogP contribution < -0.4 is 9.47 Å². The van der Waals surface area contributed by atoms with Crippen LogP contribution in [0.1, 0.15) is 48.8 Å². The molecule has 0 aliphatic carbocycles. The first-order valence-electron chi connectivity index (χ1n) is 15.3. The molecular formula is C34H32F3N5O5. The summed E-state index contributed by atoms with van der Waals surface area (Å²) in [6.45, 7) is 4.29. The van der Waals surface area contributed by atoms with Crippen molar-refractivity contribution in [2.75, 3.05) is 19.7 Å². The van der Waals surface area contributed by atoms with Gasteiger partial charge in [0, 0.05) is 31.8 Å². The van der Waals surface area contributed by atoms with Crippen LogP contribution in [0.15, 0.2) is 48.5 Å². The molecule has 1 atom stereocenters. The molecule has 6 rings (SSSR count). The Morgan fingerprint density at radius 3 is 2.55 bits per heavy atom. The number of hydrogen-bond donors (Lipinski definition) is 1. The number of piperidine rings is 1. The van der Waals surface area contributed by atoms with Gasteiger partial charge >= 0.3 is 5.97 Å². The smallest absolute Gasteiger partial charge is 0.328 e. The molecule has 0 spiro atoms. The summed E-state index contributed by atoms with van der Waals surface area (Å²) in [6.07, 6.45) is 3.07. The van der Waals surface area contributed by atoms with Gasteiger partial charge in [0.05, 0.1) is 36.3 Å². The minimum absolute atomic E-state index is 0.00528. The lowest BCUT2D eigenvalue weighted by atomic mass is 10.1. The van der Waals surface area contributed by atoms with Gasteiger partial charge in [0.15, 0.2) is 17.4 Å². The minimum Gasteiger partial charge on any atom is -0.484 e. The van der Waals surface area contributed by atoms with Crippen LogP contribution in [0.2, 0.25) is 0 Å². The Balaban J connectivity index is 1.11. The SMILES string of the molecule is C/C(=C\C(=O)O)c1cc(F)c2nc(CN3CCC(Oc4ccc(F)c(COc5ccc(C#N)cc5F)n4)CC3)n(C[C@@H]3CCO3)c2c1. The normalized spacial score (nSPS) is 17.3. The third kappa shape index (κ3) is 7.40. The lowest BCUT2D eigenvalue weighted by Gasteiger charge is -2.32. The van der Waals surface area contributed by atoms with Gasteiger partial charge in [0.1, 0.15) is 35.6 Å². The van der Waals surface area contributed by atoms with Crippen LogP contribution in [0, 0.1) is 28.8 Å². The number of hydrogen-bond acceptors (Lipinski definition) is 8. The van der Waals surface area contributed by atoms with Gasteiger partial charge in [-0.05, 0) is 73.7 Å². The van der Waals surface area contributed by atoms with E-state index in [-0.39, 0.29) is 47.2 Å². The standard InChI is InChI=1S/C34H32F3N5O5/c1-20(12-33(43)44)22-14-27(37)34-29(15-22)42(17-24-8-11-45-24)31(40-34)18-41-9-6-23(7-10-41)47-32-5-3-25(35)28(39-32)19-46-30-4-2-21(16-38)13-26(30)36/h2-5,12-15,23-24H,6-11,17-19H2,1H3,(H,43,44)/b20-12+/t24-/m0/s1. The highest BCUT2D eigenvalue weighted by molar-refractivity contribution is 5.91. The van der Waals surface area contributed by atoms with E-state index >= 15 is 4.39 Å². The Hall–Kier alpha value is -4.93. The molecule has 0 saturated carbocycles. The Morgan fingerprint density at radius 2 is 1.87 bits per heavy atom. The molecule has 13 heteroatoms. The molecule has 4 aromatic rings. The first-order chi connectivity index (χ1) is 22.7. The van der Waals surface area contributed by atoms with Gasteiger partial charge in [-0.1, -0.05) is 0 Å². The number of rotatable bonds is 11. The number of carboxylic acids is 1. The average molecular weight is 648 g/mol. The highest BCUT2D eigenvalue weighted by Crippen LogP contribution is 2.29. The molecule has 2 aliphatic rings. The fourth-order valence-corrected chi connectivity index (χ4v) is 5.70. The number of allylic oxidation sites excluding steroid dienone is 1. The molecule has 0 unspecified atom stereocenters. The molecule has 2 aromatic heterocycles. The predicted molar refractivity (Wildman–Crippen MR) is 164 cm³/mol. The topological polar surface area (TPSA) is 123 Å². The summed E-state index contributed by atoms with van der Waals surface area (Å²) in [4.78, 5) is 22.3. The van der Waals surface area contributed by atoms with Crippen molar-refractivity contribution in [1.82, 2.24) is 19.4 Å². The molecular weight excluding hydrogens is 615 g/mol. The Bertz CT molecular complexity index is 1880. The first-order valence-corrected chi connectivity index (χ1v) is 15.3. The highest BCUT2D eigenvalue weighted by atomic mass is 19.1. The van der Waals surface area contributed by atoms with Crippen molar-refractivity contribution in [3.63, 3.8) is 0 Å². The van der Waals surface area contributed by atoms with Gasteiger partial charge in [-0.2, -0.15) is 5.26 Å². The summed E-state index contributed by atoms with van der Waals surface area (Å²) in [5.41, 5.74) is 1.84. The molecule has 1 N–H and O–H groups in total. The molecule has 10 nitrogen and oxygen atoms in total. The molecule has 244 valence electrons. The maximum atomic E-state index is 15.3. The number of aromatic nitrogens is 3. The molecule has 0 amide bonds. The number of aliphatic carboxylic acids is 1. The van der Waals surface area contributed by atoms with E-state index in [2.05, 4.69) is 14.9 Å². The maximum absolute atomic E-state index is 15.3. The first kappa shape index (κ1) is 32.0. The Kier molecular flexibility index (Phi) is 9.42. The summed E-state index contributed by atoms with van der Waals surface area (Å²) < 4.78 is 63.0. The van der Waals surface area contributed by atoms with Crippen LogP contribution in [0.4, 0.5) is 13.2 Å². The fraction of sp³-hybridized carbons (Fsp3) is 0.353. The van der Waals surface area contributed by atoms with E-state index in [1.54, 1.807) is 13.0 Å². The van der Waals surface area contributed by atoms with Crippen LogP contribution in [0.3, 0.4) is 0 Å². The van der Waals surface area contributed by atoms with E-state index in [1.807, 2.05) is 10.6 Å². The van der Waals surface area contributed by atoms with Crippen LogP contribution in [0.5, 0.6) is 11.6 Å². The number of fused-ring (bicyclic) bond motifs is 1. The second-order valence-electron chi connectivity index (χ2n) is 11.6. The number of likely N-dealkylation sites (tertiary alicyclic amines) is 1. The molecule has 2 saturated heterocycles. The van der Waals surface area contributed by atoms with E-state index in [0.29, 0.717) is 68.1 Å². The second kappa shape index (κ2) is 13.8. The van der Waals surface area contributed by atoms with Gasteiger partial charge in [-0.25, -0.2) is 27.9 Å². The Morgan fingerprint density at radius 1 is 1.09 bits per heavy atom. The van der Waals surface area contributed by atoms with Gasteiger partial charge in [-0.3, -0.25) is 4.90 Å². The third-order valence-electron chi connectivity index (χ3n) is 8.37. The molecule has 0 bridgehead atoms. The molecule has 47 heavy (non-hydrogen) atoms. The van der Waals surface area contributed by atoms with E-state index in [1.165, 1.54) is 30.3 Å². The van der Waals surface area contributed by atoms with E-state index in [4.69, 9.17) is 19.5 Å². The van der Waals surface area contributed by atoms with Crippen LogP contribution in [0.25, 0.3) is 16.6 Å². The van der Waals surface area contributed by atoms with Gasteiger partial charge in [0.2, 0.25) is 5.88 Å². The number of carbonyl (C=O) groups is 1. The van der Waals surface area contributed by atoms with Crippen LogP contribution in [-0.4, -0.2) is 62.4 Å². The number of halogens is 3. The van der Waals surface area contributed by atoms with Gasteiger partial charge in [-0.15, -0.1) is 0 Å². The monoisotopic (exact) mass is 647 g/mol. The van der Waals surface area contributed by atoms with E-state index in [9.17, 15) is 18.7 Å². The van der Waals surface area contributed by atoms with Crippen LogP contribution >= 0.6 is 0 Å². The second-order valence-corrected chi connectivity index (χ2v) is 11.6. The lowest BCUT2D eigenvalue weighted by Crippen LogP contribution is -2.39. The zero-order chi connectivity index (χ0) is 33.1. The summed E-state index contributed by atoms with van der Waals surface area (Å²) in [7, 11) is 0. The van der Waals surface area contributed by atoms with Crippen LogP contribution in [-0.2, 0) is 29.2 Å². The van der Waals surface area contributed by atoms with E-state index < -0.39 is 23.4 Å². The highest BCUT2D eigenvalue weighted by Gasteiger charge is 2.27. The predicted octanol–water partition coefficient (Wildman–Crippen LogP) is 5.62. The summed E-state index contributed by atoms with van der Waals surface area (Å²) >= 11 is 0. The molecule has 0 radical (unpaired) electrons. The molecule has 2 fully saturated rings. The fourth-order valence-electron chi connectivity index (χ4n) is 5.70. The number of benzene rings is 2. The zero-order valence-corrected chi connectivity index (χ0v) is 25.6. The summed E-state index contributed by atoms with van der Waals surface area (Å²) in [5.74, 6) is -2.17.